The highest BCUT2D eigenvalue weighted by Gasteiger charge is 2.31. The molecule has 1 aliphatic carbocycles. The maximum absolute atomic E-state index is 12.6. The molecule has 0 unspecified atom stereocenters. The summed E-state index contributed by atoms with van der Waals surface area (Å²) in [6, 6.07) is 0. The first kappa shape index (κ1) is 12.2. The van der Waals surface area contributed by atoms with Gasteiger partial charge in [-0.15, -0.1) is 0 Å². The molecule has 0 atom stereocenters. The van der Waals surface area contributed by atoms with Crippen molar-refractivity contribution >= 4 is 5.95 Å². The van der Waals surface area contributed by atoms with Crippen molar-refractivity contribution in [2.24, 2.45) is 5.41 Å². The van der Waals surface area contributed by atoms with Crippen LogP contribution in [-0.2, 0) is 0 Å². The average molecular weight is 239 g/mol. The Morgan fingerprint density at radius 3 is 2.47 bits per heavy atom. The molecular weight excluding hydrogens is 221 g/mol. The van der Waals surface area contributed by atoms with Gasteiger partial charge in [-0.3, -0.25) is 0 Å². The van der Waals surface area contributed by atoms with Gasteiger partial charge < -0.3 is 10.4 Å². The lowest BCUT2D eigenvalue weighted by atomic mass is 9.74. The lowest BCUT2D eigenvalue weighted by molar-refractivity contribution is 0.0942. The van der Waals surface area contributed by atoms with Crippen LogP contribution >= 0.6 is 0 Å². The van der Waals surface area contributed by atoms with E-state index in [4.69, 9.17) is 0 Å². The Hall–Kier alpha value is -1.23. The summed E-state index contributed by atoms with van der Waals surface area (Å²) in [7, 11) is 0. The maximum Gasteiger partial charge on any atom is 0.222 e. The largest absolute Gasteiger partial charge is 0.396 e. The third-order valence-corrected chi connectivity index (χ3v) is 3.49. The quantitative estimate of drug-likeness (QED) is 0.843. The second kappa shape index (κ2) is 5.40. The topological polar surface area (TPSA) is 58.0 Å². The standard InChI is InChI=1S/C12H18FN3O/c13-10-6-14-11(15-7-10)16-8-12(9-17)4-2-1-3-5-12/h6-7,17H,1-5,8-9H2,(H,14,15,16). The summed E-state index contributed by atoms with van der Waals surface area (Å²) >= 11 is 0. The molecule has 1 heterocycles. The van der Waals surface area contributed by atoms with Gasteiger partial charge in [-0.25, -0.2) is 14.4 Å². The summed E-state index contributed by atoms with van der Waals surface area (Å²) < 4.78 is 12.6. The zero-order valence-electron chi connectivity index (χ0n) is 9.82. The minimum atomic E-state index is -0.440. The first-order chi connectivity index (χ1) is 8.24. The van der Waals surface area contributed by atoms with Crippen molar-refractivity contribution in [1.82, 2.24) is 9.97 Å². The highest BCUT2D eigenvalue weighted by Crippen LogP contribution is 2.35. The van der Waals surface area contributed by atoms with Gasteiger partial charge >= 0.3 is 0 Å². The molecule has 2 N–H and O–H groups in total. The fourth-order valence-corrected chi connectivity index (χ4v) is 2.36. The molecule has 0 aromatic carbocycles. The summed E-state index contributed by atoms with van der Waals surface area (Å²) in [6.07, 6.45) is 7.90. The molecule has 1 fully saturated rings. The van der Waals surface area contributed by atoms with E-state index in [2.05, 4.69) is 15.3 Å². The molecule has 0 radical (unpaired) electrons. The minimum Gasteiger partial charge on any atom is -0.396 e. The zero-order chi connectivity index (χ0) is 12.1. The molecule has 1 saturated carbocycles. The third kappa shape index (κ3) is 3.12. The van der Waals surface area contributed by atoms with E-state index in [0.29, 0.717) is 12.5 Å². The van der Waals surface area contributed by atoms with Crippen LogP contribution in [0.3, 0.4) is 0 Å². The van der Waals surface area contributed by atoms with Crippen LogP contribution in [0.2, 0.25) is 0 Å². The van der Waals surface area contributed by atoms with E-state index in [9.17, 15) is 9.50 Å². The summed E-state index contributed by atoms with van der Waals surface area (Å²) in [6.45, 7) is 0.830. The number of halogens is 1. The Morgan fingerprint density at radius 1 is 1.24 bits per heavy atom. The molecule has 5 heteroatoms. The van der Waals surface area contributed by atoms with Gasteiger partial charge in [-0.1, -0.05) is 19.3 Å². The van der Waals surface area contributed by atoms with Gasteiger partial charge in [0, 0.05) is 12.0 Å². The minimum absolute atomic E-state index is 0.0595. The van der Waals surface area contributed by atoms with E-state index < -0.39 is 5.82 Å². The summed E-state index contributed by atoms with van der Waals surface area (Å²) in [4.78, 5) is 7.70. The van der Waals surface area contributed by atoms with E-state index in [1.165, 1.54) is 6.42 Å². The van der Waals surface area contributed by atoms with Gasteiger partial charge in [0.1, 0.15) is 0 Å². The summed E-state index contributed by atoms with van der Waals surface area (Å²) in [5, 5.41) is 12.6. The van der Waals surface area contributed by atoms with Crippen molar-refractivity contribution in [2.45, 2.75) is 32.1 Å². The van der Waals surface area contributed by atoms with Crippen LogP contribution in [0.1, 0.15) is 32.1 Å². The molecule has 1 aliphatic rings. The molecule has 0 amide bonds. The number of hydrogen-bond donors (Lipinski definition) is 2. The van der Waals surface area contributed by atoms with Gasteiger partial charge in [0.25, 0.3) is 0 Å². The molecule has 0 saturated heterocycles. The summed E-state index contributed by atoms with van der Waals surface area (Å²) in [5.74, 6) is -0.0186. The molecule has 94 valence electrons. The number of hydrogen-bond acceptors (Lipinski definition) is 4. The van der Waals surface area contributed by atoms with Crippen molar-refractivity contribution in [3.05, 3.63) is 18.2 Å². The first-order valence-corrected chi connectivity index (χ1v) is 6.06. The highest BCUT2D eigenvalue weighted by molar-refractivity contribution is 5.23. The fourth-order valence-electron chi connectivity index (χ4n) is 2.36. The molecule has 0 aliphatic heterocycles. The molecule has 17 heavy (non-hydrogen) atoms. The first-order valence-electron chi connectivity index (χ1n) is 6.06. The normalized spacial score (nSPS) is 18.9. The second-order valence-corrected chi connectivity index (χ2v) is 4.80. The van der Waals surface area contributed by atoms with Crippen molar-refractivity contribution in [1.29, 1.82) is 0 Å². The van der Waals surface area contributed by atoms with Gasteiger partial charge in [0.05, 0.1) is 19.0 Å². The molecule has 1 aromatic rings. The average Bonchev–Trinajstić information content (AvgIpc) is 2.39. The van der Waals surface area contributed by atoms with Gasteiger partial charge in [0.15, 0.2) is 5.82 Å². The number of aliphatic hydroxyl groups excluding tert-OH is 1. The van der Waals surface area contributed by atoms with E-state index in [0.717, 1.165) is 38.1 Å². The SMILES string of the molecule is OCC1(CNc2ncc(F)cn2)CCCCC1. The fraction of sp³-hybridized carbons (Fsp3) is 0.667. The lowest BCUT2D eigenvalue weighted by Crippen LogP contribution is -2.35. The van der Waals surface area contributed by atoms with Crippen LogP contribution in [0, 0.1) is 11.2 Å². The maximum atomic E-state index is 12.6. The monoisotopic (exact) mass is 239 g/mol. The van der Waals surface area contributed by atoms with Crippen LogP contribution in [0.4, 0.5) is 10.3 Å². The van der Waals surface area contributed by atoms with E-state index in [1.54, 1.807) is 0 Å². The van der Waals surface area contributed by atoms with Crippen LogP contribution < -0.4 is 5.32 Å². The number of nitrogens with one attached hydrogen (secondary N) is 1. The van der Waals surface area contributed by atoms with Crippen LogP contribution in [0.15, 0.2) is 12.4 Å². The number of aromatic nitrogens is 2. The molecular formula is C12H18FN3O. The van der Waals surface area contributed by atoms with E-state index in [-0.39, 0.29) is 12.0 Å². The van der Waals surface area contributed by atoms with Gasteiger partial charge in [0.2, 0.25) is 5.95 Å². The van der Waals surface area contributed by atoms with Crippen LogP contribution in [0.5, 0.6) is 0 Å². The lowest BCUT2D eigenvalue weighted by Gasteiger charge is -2.35. The number of rotatable bonds is 4. The Bertz CT molecular complexity index is 349. The smallest absolute Gasteiger partial charge is 0.222 e. The number of aliphatic hydroxyl groups is 1. The zero-order valence-corrected chi connectivity index (χ0v) is 9.82. The predicted molar refractivity (Wildman–Crippen MR) is 63.1 cm³/mol. The predicted octanol–water partition coefficient (Wildman–Crippen LogP) is 1.97. The molecule has 0 spiro atoms. The molecule has 1 aromatic heterocycles. The molecule has 2 rings (SSSR count). The molecule has 4 nitrogen and oxygen atoms in total. The second-order valence-electron chi connectivity index (χ2n) is 4.80. The highest BCUT2D eigenvalue weighted by atomic mass is 19.1. The van der Waals surface area contributed by atoms with E-state index in [1.807, 2.05) is 0 Å². The van der Waals surface area contributed by atoms with Crippen molar-refractivity contribution in [3.8, 4) is 0 Å². The number of nitrogens with zero attached hydrogens (tertiary/aromatic N) is 2. The third-order valence-electron chi connectivity index (χ3n) is 3.49. The van der Waals surface area contributed by atoms with Gasteiger partial charge in [-0.2, -0.15) is 0 Å². The van der Waals surface area contributed by atoms with Gasteiger partial charge in [-0.05, 0) is 12.8 Å². The number of anilines is 1. The van der Waals surface area contributed by atoms with Crippen molar-refractivity contribution < 1.29 is 9.50 Å². The van der Waals surface area contributed by atoms with Crippen LogP contribution in [-0.4, -0.2) is 28.2 Å². The van der Waals surface area contributed by atoms with E-state index >= 15 is 0 Å². The van der Waals surface area contributed by atoms with Crippen LogP contribution in [0.25, 0.3) is 0 Å². The Labute approximate surface area is 100 Å². The Morgan fingerprint density at radius 2 is 1.88 bits per heavy atom. The van der Waals surface area contributed by atoms with Crippen molar-refractivity contribution in [2.75, 3.05) is 18.5 Å². The Balaban J connectivity index is 1.93. The summed E-state index contributed by atoms with van der Waals surface area (Å²) in [5.41, 5.74) is -0.0595. The Kier molecular flexibility index (Phi) is 3.89. The molecule has 0 bridgehead atoms. The van der Waals surface area contributed by atoms with Crippen molar-refractivity contribution in [3.63, 3.8) is 0 Å².